The van der Waals surface area contributed by atoms with Crippen molar-refractivity contribution in [1.29, 1.82) is 0 Å². The van der Waals surface area contributed by atoms with Crippen LogP contribution in [0, 0.1) is 5.82 Å². The predicted octanol–water partition coefficient (Wildman–Crippen LogP) is 5.69. The highest BCUT2D eigenvalue weighted by Crippen LogP contribution is 2.44. The number of fused-ring (bicyclic) bond motifs is 1. The van der Waals surface area contributed by atoms with Gasteiger partial charge in [-0.25, -0.2) is 9.18 Å². The van der Waals surface area contributed by atoms with Crippen LogP contribution < -0.4 is 24.3 Å². The van der Waals surface area contributed by atoms with Gasteiger partial charge in [0.05, 0.1) is 40.2 Å². The Morgan fingerprint density at radius 2 is 1.69 bits per heavy atom. The Morgan fingerprint density at radius 1 is 0.971 bits per heavy atom. The zero-order chi connectivity index (χ0) is 25.1. The molecule has 184 valence electrons. The van der Waals surface area contributed by atoms with Crippen molar-refractivity contribution >= 4 is 23.3 Å². The van der Waals surface area contributed by atoms with Crippen molar-refractivity contribution in [2.75, 3.05) is 40.3 Å². The maximum Gasteiger partial charge on any atom is 0.322 e. The Kier molecular flexibility index (Phi) is 7.21. The molecule has 0 saturated heterocycles. The monoisotopic (exact) mass is 500 g/mol. The third-order valence-electron chi connectivity index (χ3n) is 6.06. The van der Waals surface area contributed by atoms with E-state index in [-0.39, 0.29) is 10.6 Å². The summed E-state index contributed by atoms with van der Waals surface area (Å²) in [5.74, 6) is 1.55. The molecule has 1 heterocycles. The van der Waals surface area contributed by atoms with E-state index < -0.39 is 17.9 Å². The summed E-state index contributed by atoms with van der Waals surface area (Å²) in [7, 11) is 6.13. The molecule has 1 aliphatic rings. The molecule has 0 aromatic heterocycles. The molecule has 1 unspecified atom stereocenters. The van der Waals surface area contributed by atoms with Gasteiger partial charge in [0.2, 0.25) is 0 Å². The first kappa shape index (κ1) is 24.5. The minimum atomic E-state index is -0.795. The number of urea groups is 1. The second-order valence-electron chi connectivity index (χ2n) is 7.88. The molecule has 1 atom stereocenters. The molecule has 0 aliphatic carbocycles. The van der Waals surface area contributed by atoms with Crippen molar-refractivity contribution in [3.63, 3.8) is 0 Å². The quantitative estimate of drug-likeness (QED) is 0.470. The van der Waals surface area contributed by atoms with E-state index in [0.29, 0.717) is 47.2 Å². The van der Waals surface area contributed by atoms with E-state index in [1.165, 1.54) is 26.4 Å². The average molecular weight is 501 g/mol. The van der Waals surface area contributed by atoms with Crippen LogP contribution in [0.4, 0.5) is 14.9 Å². The van der Waals surface area contributed by atoms with Crippen LogP contribution in [-0.2, 0) is 6.42 Å². The maximum atomic E-state index is 15.2. The summed E-state index contributed by atoms with van der Waals surface area (Å²) in [4.78, 5) is 15.1. The number of nitrogens with zero attached hydrogens (tertiary/aromatic N) is 1. The maximum absolute atomic E-state index is 15.2. The van der Waals surface area contributed by atoms with Crippen LogP contribution >= 0.6 is 11.6 Å². The average Bonchev–Trinajstić information content (AvgIpc) is 2.87. The van der Waals surface area contributed by atoms with Crippen LogP contribution in [0.3, 0.4) is 0 Å². The molecule has 0 fully saturated rings. The summed E-state index contributed by atoms with van der Waals surface area (Å²) in [5, 5.41) is 3.11. The van der Waals surface area contributed by atoms with Gasteiger partial charge in [0.15, 0.2) is 11.5 Å². The minimum Gasteiger partial charge on any atom is -0.497 e. The van der Waals surface area contributed by atoms with Crippen molar-refractivity contribution < 1.29 is 28.1 Å². The number of hydrogen-bond acceptors (Lipinski definition) is 5. The molecular weight excluding hydrogens is 475 g/mol. The summed E-state index contributed by atoms with van der Waals surface area (Å²) in [6.45, 7) is 0.322. The summed E-state index contributed by atoms with van der Waals surface area (Å²) in [6.07, 6.45) is 0.533. The second-order valence-corrected chi connectivity index (χ2v) is 8.29. The predicted molar refractivity (Wildman–Crippen MR) is 132 cm³/mol. The molecule has 35 heavy (non-hydrogen) atoms. The van der Waals surface area contributed by atoms with Crippen molar-refractivity contribution in [3.05, 3.63) is 76.1 Å². The van der Waals surface area contributed by atoms with Gasteiger partial charge in [-0.3, -0.25) is 0 Å². The summed E-state index contributed by atoms with van der Waals surface area (Å²) >= 11 is 6.48. The number of carbonyl (C=O) groups is 1. The number of methoxy groups -OCH3 is 4. The van der Waals surface area contributed by atoms with Gasteiger partial charge in [-0.1, -0.05) is 17.7 Å². The zero-order valence-corrected chi connectivity index (χ0v) is 20.6. The van der Waals surface area contributed by atoms with Gasteiger partial charge in [0, 0.05) is 23.2 Å². The van der Waals surface area contributed by atoms with Gasteiger partial charge >= 0.3 is 6.03 Å². The molecule has 0 bridgehead atoms. The molecule has 3 aromatic carbocycles. The number of ether oxygens (including phenoxy) is 4. The van der Waals surface area contributed by atoms with E-state index in [1.54, 1.807) is 49.5 Å². The van der Waals surface area contributed by atoms with Crippen LogP contribution in [0.2, 0.25) is 5.02 Å². The van der Waals surface area contributed by atoms with E-state index in [1.807, 2.05) is 6.07 Å². The fourth-order valence-electron chi connectivity index (χ4n) is 4.34. The second kappa shape index (κ2) is 10.3. The Labute approximate surface area is 208 Å². The zero-order valence-electron chi connectivity index (χ0n) is 19.9. The summed E-state index contributed by atoms with van der Waals surface area (Å²) in [5.41, 5.74) is 2.28. The molecule has 4 rings (SSSR count). The molecule has 7 nitrogen and oxygen atoms in total. The first-order valence-electron chi connectivity index (χ1n) is 10.9. The highest BCUT2D eigenvalue weighted by Gasteiger charge is 2.36. The topological polar surface area (TPSA) is 69.3 Å². The van der Waals surface area contributed by atoms with E-state index in [4.69, 9.17) is 30.5 Å². The molecule has 1 N–H and O–H groups in total. The molecular formula is C26H26ClFN2O5. The van der Waals surface area contributed by atoms with Crippen LogP contribution in [0.15, 0.2) is 48.5 Å². The van der Waals surface area contributed by atoms with Crippen LogP contribution in [0.25, 0.3) is 0 Å². The van der Waals surface area contributed by atoms with E-state index in [9.17, 15) is 4.79 Å². The lowest BCUT2D eigenvalue weighted by Crippen LogP contribution is -2.43. The smallest absolute Gasteiger partial charge is 0.322 e. The lowest BCUT2D eigenvalue weighted by Gasteiger charge is -2.38. The lowest BCUT2D eigenvalue weighted by molar-refractivity contribution is 0.192. The number of carbonyl (C=O) groups excluding carboxylic acids is 1. The molecule has 2 amide bonds. The number of rotatable bonds is 6. The van der Waals surface area contributed by atoms with Crippen LogP contribution in [0.5, 0.6) is 23.0 Å². The van der Waals surface area contributed by atoms with Gasteiger partial charge in [0.25, 0.3) is 0 Å². The fourth-order valence-corrected chi connectivity index (χ4v) is 4.60. The van der Waals surface area contributed by atoms with Gasteiger partial charge in [-0.05, 0) is 53.9 Å². The van der Waals surface area contributed by atoms with Gasteiger partial charge in [-0.15, -0.1) is 0 Å². The third-order valence-corrected chi connectivity index (χ3v) is 6.39. The molecule has 0 spiro atoms. The molecule has 0 saturated carbocycles. The normalized spacial score (nSPS) is 14.7. The largest absolute Gasteiger partial charge is 0.497 e. The summed E-state index contributed by atoms with van der Waals surface area (Å²) in [6, 6.07) is 12.0. The van der Waals surface area contributed by atoms with E-state index in [0.717, 1.165) is 5.56 Å². The molecule has 9 heteroatoms. The number of amides is 2. The third kappa shape index (κ3) is 4.66. The van der Waals surface area contributed by atoms with Crippen molar-refractivity contribution in [1.82, 2.24) is 4.90 Å². The standard InChI is InChI=1S/C26H26ClFN2O5/c1-32-16-8-9-20(21(13-16)33-2)29-26(31)30-11-10-15-12-22(34-3)23(35-4)14-17(15)25(30)24-18(27)6-5-7-19(24)28/h5-9,12-14,25H,10-11H2,1-4H3,(H,29,31). The van der Waals surface area contributed by atoms with Crippen molar-refractivity contribution in [2.45, 2.75) is 12.5 Å². The highest BCUT2D eigenvalue weighted by atomic mass is 35.5. The Hall–Kier alpha value is -3.65. The van der Waals surface area contributed by atoms with Gasteiger partial charge in [0.1, 0.15) is 17.3 Å². The van der Waals surface area contributed by atoms with E-state index >= 15 is 4.39 Å². The Bertz CT molecular complexity index is 1230. The SMILES string of the molecule is COc1ccc(NC(=O)N2CCc3cc(OC)c(OC)cc3C2c2c(F)cccc2Cl)c(OC)c1. The molecule has 1 aliphatic heterocycles. The minimum absolute atomic E-state index is 0.208. The van der Waals surface area contributed by atoms with Crippen LogP contribution in [-0.4, -0.2) is 45.9 Å². The number of anilines is 1. The number of halogens is 2. The van der Waals surface area contributed by atoms with E-state index in [2.05, 4.69) is 5.32 Å². The number of benzene rings is 3. The van der Waals surface area contributed by atoms with Gasteiger partial charge in [-0.2, -0.15) is 0 Å². The first-order chi connectivity index (χ1) is 16.9. The molecule has 0 radical (unpaired) electrons. The number of nitrogens with one attached hydrogen (secondary N) is 1. The molecule has 3 aromatic rings. The fraction of sp³-hybridized carbons (Fsp3) is 0.269. The van der Waals surface area contributed by atoms with Crippen molar-refractivity contribution in [3.8, 4) is 23.0 Å². The van der Waals surface area contributed by atoms with Crippen molar-refractivity contribution in [2.24, 2.45) is 0 Å². The summed E-state index contributed by atoms with van der Waals surface area (Å²) < 4.78 is 36.8. The number of hydrogen-bond donors (Lipinski definition) is 1. The highest BCUT2D eigenvalue weighted by molar-refractivity contribution is 6.31. The van der Waals surface area contributed by atoms with Gasteiger partial charge < -0.3 is 29.2 Å². The Morgan fingerprint density at radius 3 is 2.34 bits per heavy atom. The lowest BCUT2D eigenvalue weighted by atomic mass is 9.87. The van der Waals surface area contributed by atoms with Crippen LogP contribution in [0.1, 0.15) is 22.7 Å². The Balaban J connectivity index is 1.80. The first-order valence-corrected chi connectivity index (χ1v) is 11.3.